The number of quaternary nitrogens is 1. The Morgan fingerprint density at radius 2 is 1.12 bits per heavy atom. The van der Waals surface area contributed by atoms with Crippen molar-refractivity contribution in [3.8, 4) is 0 Å². The number of rotatable bonds is 16. The lowest BCUT2D eigenvalue weighted by atomic mass is 10.0. The van der Waals surface area contributed by atoms with Gasteiger partial charge < -0.3 is 22.9 Å². The lowest BCUT2D eigenvalue weighted by molar-refractivity contribution is -0.411. The van der Waals surface area contributed by atoms with E-state index in [0.29, 0.717) is 0 Å². The number of carbonyl (C=O) groups excluding carboxylic acids is 1. The molecule has 0 rings (SSSR count). The van der Waals surface area contributed by atoms with Crippen LogP contribution in [-0.2, 0) is 9.53 Å². The van der Waals surface area contributed by atoms with Gasteiger partial charge in [-0.2, -0.15) is 0 Å². The molecule has 0 aliphatic heterocycles. The van der Waals surface area contributed by atoms with E-state index in [-0.39, 0.29) is 24.4 Å². The molecule has 0 aromatic rings. The van der Waals surface area contributed by atoms with Crippen LogP contribution in [0.4, 0.5) is 0 Å². The van der Waals surface area contributed by atoms with E-state index in [4.69, 9.17) is 4.74 Å². The first-order valence-electron chi connectivity index (χ1n) is 10.9. The molecule has 0 unspecified atom stereocenters. The van der Waals surface area contributed by atoms with Crippen molar-refractivity contribution in [3.63, 3.8) is 0 Å². The van der Waals surface area contributed by atoms with E-state index in [0.717, 1.165) is 12.8 Å². The lowest BCUT2D eigenvalue weighted by Crippen LogP contribution is -3.00. The Labute approximate surface area is 169 Å². The minimum atomic E-state index is -0.400. The summed E-state index contributed by atoms with van der Waals surface area (Å²) in [7, 11) is 0. The highest BCUT2D eigenvalue weighted by atomic mass is 35.5. The first-order valence-corrected chi connectivity index (χ1v) is 10.9. The van der Waals surface area contributed by atoms with Gasteiger partial charge in [0, 0.05) is 6.42 Å². The quantitative estimate of drug-likeness (QED) is 0.325. The summed E-state index contributed by atoms with van der Waals surface area (Å²) in [5, 5.41) is 0. The molecular formula is C22H46ClNO2. The van der Waals surface area contributed by atoms with Crippen LogP contribution >= 0.6 is 0 Å². The molecule has 0 spiro atoms. The van der Waals surface area contributed by atoms with Gasteiger partial charge in [-0.25, -0.2) is 4.79 Å². The fraction of sp³-hybridized carbons (Fsp3) is 0.955. The van der Waals surface area contributed by atoms with Crippen LogP contribution in [0, 0.1) is 0 Å². The third-order valence-corrected chi connectivity index (χ3v) is 4.65. The normalized spacial score (nSPS) is 12.5. The third-order valence-electron chi connectivity index (χ3n) is 4.65. The minimum absolute atomic E-state index is 0. The Balaban J connectivity index is 0. The highest BCUT2D eigenvalue weighted by Crippen LogP contribution is 2.14. The average molecular weight is 392 g/mol. The molecule has 0 aliphatic rings. The third kappa shape index (κ3) is 20.0. The Bertz CT molecular complexity index is 316. The molecule has 0 aromatic heterocycles. The molecule has 0 fully saturated rings. The van der Waals surface area contributed by atoms with Gasteiger partial charge in [0.25, 0.3) is 0 Å². The van der Waals surface area contributed by atoms with Gasteiger partial charge in [-0.3, -0.25) is 0 Å². The highest BCUT2D eigenvalue weighted by molar-refractivity contribution is 5.74. The predicted octanol–water partition coefficient (Wildman–Crippen LogP) is 2.81. The molecule has 0 radical (unpaired) electrons. The van der Waals surface area contributed by atoms with Crippen molar-refractivity contribution in [3.05, 3.63) is 0 Å². The molecule has 3 N–H and O–H groups in total. The van der Waals surface area contributed by atoms with Gasteiger partial charge in [0.15, 0.2) is 6.04 Å². The molecule has 0 bridgehead atoms. The van der Waals surface area contributed by atoms with Gasteiger partial charge in [-0.05, 0) is 27.2 Å². The maximum absolute atomic E-state index is 11.8. The minimum Gasteiger partial charge on any atom is -1.00 e. The fourth-order valence-corrected chi connectivity index (χ4v) is 3.09. The zero-order chi connectivity index (χ0) is 19.0. The van der Waals surface area contributed by atoms with E-state index in [1.54, 1.807) is 0 Å². The van der Waals surface area contributed by atoms with Crippen molar-refractivity contribution in [1.29, 1.82) is 0 Å². The van der Waals surface area contributed by atoms with Crippen LogP contribution in [0.25, 0.3) is 0 Å². The number of carbonyl (C=O) groups is 1. The average Bonchev–Trinajstić information content (AvgIpc) is 2.53. The maximum Gasteiger partial charge on any atom is 0.365 e. The summed E-state index contributed by atoms with van der Waals surface area (Å²) in [4.78, 5) is 11.8. The maximum atomic E-state index is 11.8. The van der Waals surface area contributed by atoms with Gasteiger partial charge in [0.1, 0.15) is 5.60 Å². The molecule has 0 aromatic carbocycles. The van der Waals surface area contributed by atoms with E-state index in [9.17, 15) is 4.79 Å². The second-order valence-electron chi connectivity index (χ2n) is 8.62. The van der Waals surface area contributed by atoms with Crippen LogP contribution in [-0.4, -0.2) is 17.6 Å². The van der Waals surface area contributed by atoms with Crippen molar-refractivity contribution in [2.24, 2.45) is 0 Å². The summed E-state index contributed by atoms with van der Waals surface area (Å²) in [5.41, 5.74) is 3.55. The van der Waals surface area contributed by atoms with Crippen molar-refractivity contribution < 1.29 is 27.7 Å². The van der Waals surface area contributed by atoms with Crippen LogP contribution in [0.2, 0.25) is 0 Å². The van der Waals surface area contributed by atoms with Crippen molar-refractivity contribution in [2.75, 3.05) is 0 Å². The van der Waals surface area contributed by atoms with Crippen molar-refractivity contribution in [1.82, 2.24) is 0 Å². The van der Waals surface area contributed by atoms with Crippen LogP contribution < -0.4 is 18.1 Å². The number of halogens is 1. The first kappa shape index (κ1) is 27.9. The molecular weight excluding hydrogens is 346 g/mol. The number of esters is 1. The van der Waals surface area contributed by atoms with Crippen LogP contribution in [0.1, 0.15) is 124 Å². The molecule has 0 saturated carbocycles. The lowest BCUT2D eigenvalue weighted by Gasteiger charge is -2.20. The summed E-state index contributed by atoms with van der Waals surface area (Å²) in [6.07, 6.45) is 19.9. The molecule has 1 atom stereocenters. The molecule has 0 aliphatic carbocycles. The van der Waals surface area contributed by atoms with Gasteiger partial charge >= 0.3 is 5.97 Å². The van der Waals surface area contributed by atoms with Gasteiger partial charge in [-0.15, -0.1) is 0 Å². The number of hydrogen-bond acceptors (Lipinski definition) is 2. The Hall–Kier alpha value is -0.280. The standard InChI is InChI=1S/C22H45NO2.ClH/c1-5-6-7-8-9-10-11-12-13-14-15-16-17-18-19-20(23)21(24)25-22(2,3)4;/h20H,5-19,23H2,1-4H3;1H/t20-;/m1./s1. The van der Waals surface area contributed by atoms with Gasteiger partial charge in [-0.1, -0.05) is 90.4 Å². The van der Waals surface area contributed by atoms with Gasteiger partial charge in [0.05, 0.1) is 0 Å². The monoisotopic (exact) mass is 391 g/mol. The fourth-order valence-electron chi connectivity index (χ4n) is 3.09. The number of ether oxygens (including phenoxy) is 1. The smallest absolute Gasteiger partial charge is 0.365 e. The molecule has 4 heteroatoms. The van der Waals surface area contributed by atoms with Gasteiger partial charge in [0.2, 0.25) is 0 Å². The predicted molar refractivity (Wildman–Crippen MR) is 107 cm³/mol. The van der Waals surface area contributed by atoms with Crippen molar-refractivity contribution >= 4 is 5.97 Å². The largest absolute Gasteiger partial charge is 1.00 e. The second-order valence-corrected chi connectivity index (χ2v) is 8.62. The molecule has 0 amide bonds. The van der Waals surface area contributed by atoms with Crippen LogP contribution in [0.5, 0.6) is 0 Å². The molecule has 158 valence electrons. The summed E-state index contributed by atoms with van der Waals surface area (Å²) in [6.45, 7) is 8.00. The summed E-state index contributed by atoms with van der Waals surface area (Å²) in [5.74, 6) is -0.151. The summed E-state index contributed by atoms with van der Waals surface area (Å²) < 4.78 is 5.37. The van der Waals surface area contributed by atoms with E-state index in [1.807, 2.05) is 20.8 Å². The Morgan fingerprint density at radius 3 is 1.46 bits per heavy atom. The molecule has 26 heavy (non-hydrogen) atoms. The van der Waals surface area contributed by atoms with Crippen molar-refractivity contribution in [2.45, 2.75) is 136 Å². The van der Waals surface area contributed by atoms with Crippen LogP contribution in [0.15, 0.2) is 0 Å². The summed E-state index contributed by atoms with van der Waals surface area (Å²) in [6, 6.07) is -0.212. The SMILES string of the molecule is CCCCCCCCCCCCCCCC[C@@H]([NH3+])C(=O)OC(C)(C)C.[Cl-]. The van der Waals surface area contributed by atoms with Crippen LogP contribution in [0.3, 0.4) is 0 Å². The summed E-state index contributed by atoms with van der Waals surface area (Å²) >= 11 is 0. The number of unbranched alkanes of at least 4 members (excludes halogenated alkanes) is 13. The second kappa shape index (κ2) is 18.1. The number of hydrogen-bond donors (Lipinski definition) is 1. The van der Waals surface area contributed by atoms with E-state index in [2.05, 4.69) is 12.7 Å². The van der Waals surface area contributed by atoms with E-state index >= 15 is 0 Å². The van der Waals surface area contributed by atoms with E-state index < -0.39 is 5.60 Å². The van der Waals surface area contributed by atoms with E-state index in [1.165, 1.54) is 83.5 Å². The first-order chi connectivity index (χ1) is 11.9. The molecule has 0 saturated heterocycles. The Morgan fingerprint density at radius 1 is 0.769 bits per heavy atom. The molecule has 0 heterocycles. The zero-order valence-electron chi connectivity index (χ0n) is 18.1. The highest BCUT2D eigenvalue weighted by Gasteiger charge is 2.24. The molecule has 3 nitrogen and oxygen atoms in total. The zero-order valence-corrected chi connectivity index (χ0v) is 18.8. The topological polar surface area (TPSA) is 53.9 Å². The Kier molecular flexibility index (Phi) is 19.4.